The van der Waals surface area contributed by atoms with E-state index >= 15 is 0 Å². The second-order valence-electron chi connectivity index (χ2n) is 6.85. The number of nitro groups is 1. The van der Waals surface area contributed by atoms with Crippen LogP contribution in [0, 0.1) is 33.8 Å². The average Bonchev–Trinajstić information content (AvgIpc) is 3.18. The van der Waals surface area contributed by atoms with Gasteiger partial charge < -0.3 is 0 Å². The minimum atomic E-state index is -0.512. The van der Waals surface area contributed by atoms with Crippen molar-refractivity contribution < 1.29 is 14.5 Å². The van der Waals surface area contributed by atoms with Gasteiger partial charge in [-0.05, 0) is 35.8 Å². The number of non-ortho nitro benzene ring substituents is 1. The van der Waals surface area contributed by atoms with Crippen molar-refractivity contribution in [2.75, 3.05) is 4.90 Å². The number of carbonyl (C=O) groups excluding carboxylic acids is 2. The molecule has 1 aromatic rings. The van der Waals surface area contributed by atoms with E-state index in [1.165, 1.54) is 28.7 Å². The summed E-state index contributed by atoms with van der Waals surface area (Å²) in [6.45, 7) is 4.03. The van der Waals surface area contributed by atoms with Crippen LogP contribution < -0.4 is 4.90 Å². The number of nitro benzene ring substituents is 1. The molecule has 0 N–H and O–H groups in total. The topological polar surface area (TPSA) is 80.5 Å². The van der Waals surface area contributed by atoms with E-state index in [-0.39, 0.29) is 41.2 Å². The van der Waals surface area contributed by atoms with E-state index in [0.717, 1.165) is 5.57 Å². The van der Waals surface area contributed by atoms with Crippen LogP contribution in [0.1, 0.15) is 13.8 Å². The maximum Gasteiger partial charge on any atom is 0.270 e. The molecule has 0 aromatic heterocycles. The molecule has 6 nitrogen and oxygen atoms in total. The molecule has 0 spiro atoms. The lowest BCUT2D eigenvalue weighted by atomic mass is 9.85. The van der Waals surface area contributed by atoms with Crippen molar-refractivity contribution in [3.63, 3.8) is 0 Å². The first-order valence-electron chi connectivity index (χ1n) is 8.00. The average molecular weight is 403 g/mol. The van der Waals surface area contributed by atoms with Crippen molar-refractivity contribution >= 4 is 39.1 Å². The molecule has 2 bridgehead atoms. The minimum Gasteiger partial charge on any atom is -0.274 e. The molecular formula is C18H15BrN2O4. The van der Waals surface area contributed by atoms with Crippen molar-refractivity contribution in [1.82, 2.24) is 0 Å². The van der Waals surface area contributed by atoms with Gasteiger partial charge in [-0.3, -0.25) is 19.7 Å². The maximum atomic E-state index is 13.0. The zero-order chi connectivity index (χ0) is 18.0. The van der Waals surface area contributed by atoms with Crippen LogP contribution in [0.25, 0.3) is 0 Å². The van der Waals surface area contributed by atoms with E-state index in [4.69, 9.17) is 0 Å². The molecule has 1 saturated heterocycles. The van der Waals surface area contributed by atoms with Gasteiger partial charge in [-0.2, -0.15) is 0 Å². The van der Waals surface area contributed by atoms with Crippen LogP contribution in [0.4, 0.5) is 11.4 Å². The Hall–Kier alpha value is -2.28. The van der Waals surface area contributed by atoms with Gasteiger partial charge in [0.2, 0.25) is 11.8 Å². The number of rotatable bonds is 2. The summed E-state index contributed by atoms with van der Waals surface area (Å²) in [5, 5.41) is 10.9. The molecule has 25 heavy (non-hydrogen) atoms. The summed E-state index contributed by atoms with van der Waals surface area (Å²) in [5.74, 6) is -1.21. The minimum absolute atomic E-state index is 0.0155. The smallest absolute Gasteiger partial charge is 0.270 e. The van der Waals surface area contributed by atoms with Gasteiger partial charge in [0, 0.05) is 28.4 Å². The number of anilines is 1. The molecule has 0 unspecified atom stereocenters. The van der Waals surface area contributed by atoms with Gasteiger partial charge in [-0.1, -0.05) is 23.3 Å². The van der Waals surface area contributed by atoms with Gasteiger partial charge >= 0.3 is 0 Å². The number of carbonyl (C=O) groups is 2. The molecular weight excluding hydrogens is 388 g/mol. The summed E-state index contributed by atoms with van der Waals surface area (Å²) in [7, 11) is 0. The lowest BCUT2D eigenvalue weighted by Crippen LogP contribution is -2.33. The highest BCUT2D eigenvalue weighted by atomic mass is 79.9. The Kier molecular flexibility index (Phi) is 3.47. The first-order valence-corrected chi connectivity index (χ1v) is 8.79. The van der Waals surface area contributed by atoms with Gasteiger partial charge in [0.1, 0.15) is 0 Å². The molecule has 128 valence electrons. The van der Waals surface area contributed by atoms with E-state index in [1.807, 2.05) is 26.0 Å². The highest BCUT2D eigenvalue weighted by molar-refractivity contribution is 9.10. The zero-order valence-corrected chi connectivity index (χ0v) is 15.2. The van der Waals surface area contributed by atoms with Crippen molar-refractivity contribution in [2.45, 2.75) is 13.8 Å². The number of halogens is 1. The lowest BCUT2D eigenvalue weighted by molar-refractivity contribution is -0.384. The van der Waals surface area contributed by atoms with Crippen LogP contribution in [0.2, 0.25) is 0 Å². The second kappa shape index (κ2) is 5.36. The highest BCUT2D eigenvalue weighted by Crippen LogP contribution is 2.57. The van der Waals surface area contributed by atoms with Crippen LogP contribution in [-0.4, -0.2) is 16.7 Å². The highest BCUT2D eigenvalue weighted by Gasteiger charge is 2.62. The molecule has 2 fully saturated rings. The third-order valence-corrected chi connectivity index (χ3v) is 6.01. The second-order valence-corrected chi connectivity index (χ2v) is 7.70. The largest absolute Gasteiger partial charge is 0.274 e. The molecule has 1 heterocycles. The van der Waals surface area contributed by atoms with Gasteiger partial charge in [0.25, 0.3) is 5.69 Å². The maximum absolute atomic E-state index is 13.0. The molecule has 0 radical (unpaired) electrons. The number of hydrogen-bond donors (Lipinski definition) is 0. The Balaban J connectivity index is 1.75. The number of fused-ring (bicyclic) bond motifs is 5. The third kappa shape index (κ3) is 2.08. The Morgan fingerprint density at radius 2 is 1.68 bits per heavy atom. The van der Waals surface area contributed by atoms with Crippen molar-refractivity contribution in [3.8, 4) is 0 Å². The Labute approximate surface area is 152 Å². The van der Waals surface area contributed by atoms with Crippen LogP contribution in [-0.2, 0) is 9.59 Å². The van der Waals surface area contributed by atoms with Crippen LogP contribution >= 0.6 is 15.9 Å². The number of nitrogens with zero attached hydrogens (tertiary/aromatic N) is 2. The van der Waals surface area contributed by atoms with Crippen LogP contribution in [0.15, 0.2) is 46.0 Å². The van der Waals surface area contributed by atoms with Crippen molar-refractivity contribution in [2.24, 2.45) is 23.7 Å². The fourth-order valence-corrected chi connectivity index (χ4v) is 5.00. The predicted octanol–water partition coefficient (Wildman–Crippen LogP) is 3.62. The lowest BCUT2D eigenvalue weighted by Gasteiger charge is -2.20. The first-order chi connectivity index (χ1) is 11.8. The SMILES string of the molecule is CC(C)=C1[C@H]2C=C[C@H]1[C@H]1C(=O)N(c3ccc([N+](=O)[O-])cc3Br)C(=O)[C@H]12. The van der Waals surface area contributed by atoms with Gasteiger partial charge in [-0.15, -0.1) is 0 Å². The number of allylic oxidation sites excluding steroid dienone is 4. The van der Waals surface area contributed by atoms with Gasteiger partial charge in [0.15, 0.2) is 0 Å². The van der Waals surface area contributed by atoms with Crippen molar-refractivity contribution in [3.05, 3.63) is 56.1 Å². The van der Waals surface area contributed by atoms with E-state index < -0.39 is 4.92 Å². The summed E-state index contributed by atoms with van der Waals surface area (Å²) in [6.07, 6.45) is 4.07. The standard InChI is InChI=1S/C18H15BrN2O4/c1-8(2)14-10-4-5-11(14)16-15(10)17(22)20(18(16)23)13-6-3-9(21(24)25)7-12(13)19/h3-7,10-11,15-16H,1-2H3/t10-,11-,15-,16+/m1/s1. The molecule has 4 atom stereocenters. The molecule has 3 aliphatic rings. The number of benzene rings is 1. The molecule has 1 saturated carbocycles. The van der Waals surface area contributed by atoms with Crippen LogP contribution in [0.3, 0.4) is 0 Å². The fourth-order valence-electron chi connectivity index (χ4n) is 4.46. The van der Waals surface area contributed by atoms with Gasteiger partial charge in [0.05, 0.1) is 22.4 Å². The number of imide groups is 1. The van der Waals surface area contributed by atoms with E-state index in [2.05, 4.69) is 15.9 Å². The predicted molar refractivity (Wildman–Crippen MR) is 94.8 cm³/mol. The van der Waals surface area contributed by atoms with E-state index in [1.54, 1.807) is 0 Å². The molecule has 1 aromatic carbocycles. The zero-order valence-electron chi connectivity index (χ0n) is 13.6. The summed E-state index contributed by atoms with van der Waals surface area (Å²) in [4.78, 5) is 37.6. The fraction of sp³-hybridized carbons (Fsp3) is 0.333. The van der Waals surface area contributed by atoms with Crippen molar-refractivity contribution in [1.29, 1.82) is 0 Å². The molecule has 4 rings (SSSR count). The summed E-state index contributed by atoms with van der Waals surface area (Å²) >= 11 is 3.27. The summed E-state index contributed by atoms with van der Waals surface area (Å²) in [6, 6.07) is 4.08. The van der Waals surface area contributed by atoms with Gasteiger partial charge in [-0.25, -0.2) is 4.90 Å². The third-order valence-electron chi connectivity index (χ3n) is 5.38. The molecule has 7 heteroatoms. The number of amides is 2. The summed E-state index contributed by atoms with van der Waals surface area (Å²) < 4.78 is 0.367. The Morgan fingerprint density at radius 1 is 1.12 bits per heavy atom. The molecule has 2 amide bonds. The number of hydrogen-bond acceptors (Lipinski definition) is 4. The summed E-state index contributed by atoms with van der Waals surface area (Å²) in [5.41, 5.74) is 2.63. The normalized spacial score (nSPS) is 29.6. The Bertz CT molecular complexity index is 866. The quantitative estimate of drug-likeness (QED) is 0.327. The first kappa shape index (κ1) is 16.2. The monoisotopic (exact) mass is 402 g/mol. The molecule has 1 aliphatic heterocycles. The Morgan fingerprint density at radius 3 is 2.12 bits per heavy atom. The van der Waals surface area contributed by atoms with Crippen LogP contribution in [0.5, 0.6) is 0 Å². The molecule has 2 aliphatic carbocycles. The van der Waals surface area contributed by atoms with E-state index in [9.17, 15) is 19.7 Å². The van der Waals surface area contributed by atoms with E-state index in [0.29, 0.717) is 10.2 Å².